The number of nitrogens with zero attached hydrogens (tertiary/aromatic N) is 1. The minimum absolute atomic E-state index is 0.0147. The molecule has 1 N–H and O–H groups in total. The Labute approximate surface area is 129 Å². The maximum absolute atomic E-state index is 13.7. The topological polar surface area (TPSA) is 49.4 Å². The number of halogens is 2. The molecule has 122 valence electrons. The molecule has 1 aliphatic heterocycles. The average molecular weight is 330 g/mol. The van der Waals surface area contributed by atoms with Crippen molar-refractivity contribution in [2.45, 2.75) is 31.8 Å². The zero-order chi connectivity index (χ0) is 16.0. The number of benzene rings is 1. The lowest BCUT2D eigenvalue weighted by atomic mass is 9.65. The van der Waals surface area contributed by atoms with Crippen LogP contribution in [0.4, 0.5) is 8.78 Å². The summed E-state index contributed by atoms with van der Waals surface area (Å²) in [4.78, 5) is 2.12. The Morgan fingerprint density at radius 1 is 1.36 bits per heavy atom. The molecule has 0 aromatic heterocycles. The molecule has 1 aromatic rings. The highest BCUT2D eigenvalue weighted by Gasteiger charge is 2.48. The third kappa shape index (κ3) is 3.47. The van der Waals surface area contributed by atoms with Gasteiger partial charge in [-0.1, -0.05) is 0 Å². The third-order valence-corrected chi connectivity index (χ3v) is 5.42. The summed E-state index contributed by atoms with van der Waals surface area (Å²) in [5.41, 5.74) is 0.508. The maximum Gasteiger partial charge on any atom is 0.208 e. The monoisotopic (exact) mass is 330 g/mol. The molecule has 0 bridgehead atoms. The normalized spacial score (nSPS) is 29.0. The first-order valence-corrected chi connectivity index (χ1v) is 9.27. The van der Waals surface area contributed by atoms with Crippen LogP contribution in [0, 0.1) is 17.0 Å². The van der Waals surface area contributed by atoms with E-state index in [9.17, 15) is 17.2 Å². The van der Waals surface area contributed by atoms with Gasteiger partial charge in [-0.05, 0) is 49.4 Å². The number of nitrogens with one attached hydrogen (secondary N) is 1. The second-order valence-electron chi connectivity index (χ2n) is 6.69. The van der Waals surface area contributed by atoms with Gasteiger partial charge in [0, 0.05) is 24.7 Å². The van der Waals surface area contributed by atoms with E-state index in [0.717, 1.165) is 44.5 Å². The second kappa shape index (κ2) is 5.54. The van der Waals surface area contributed by atoms with Gasteiger partial charge < -0.3 is 0 Å². The van der Waals surface area contributed by atoms with Gasteiger partial charge in [0.25, 0.3) is 0 Å². The minimum atomic E-state index is -3.16. The highest BCUT2D eigenvalue weighted by Crippen LogP contribution is 2.48. The molecule has 1 aliphatic carbocycles. The highest BCUT2D eigenvalue weighted by atomic mass is 32.2. The van der Waals surface area contributed by atoms with Gasteiger partial charge >= 0.3 is 0 Å². The minimum Gasteiger partial charge on any atom is -0.298 e. The summed E-state index contributed by atoms with van der Waals surface area (Å²) in [6, 6.07) is 3.54. The van der Waals surface area contributed by atoms with Crippen molar-refractivity contribution in [2.24, 2.45) is 5.41 Å². The fraction of sp³-hybridized carbons (Fsp3) is 0.600. The molecular formula is C15H20F2N2O2S. The molecular weight excluding hydrogens is 310 g/mol. The summed E-state index contributed by atoms with van der Waals surface area (Å²) in [6.45, 7) is 2.04. The van der Waals surface area contributed by atoms with Crippen LogP contribution < -0.4 is 4.72 Å². The fourth-order valence-electron chi connectivity index (χ4n) is 3.77. The zero-order valence-corrected chi connectivity index (χ0v) is 13.3. The van der Waals surface area contributed by atoms with Crippen LogP contribution in [0.5, 0.6) is 0 Å². The van der Waals surface area contributed by atoms with Crippen molar-refractivity contribution in [1.29, 1.82) is 0 Å². The van der Waals surface area contributed by atoms with Crippen LogP contribution in [0.25, 0.3) is 0 Å². The number of rotatable bonds is 4. The first kappa shape index (κ1) is 15.8. The average Bonchev–Trinajstić information content (AvgIpc) is 2.76. The largest absolute Gasteiger partial charge is 0.298 e. The molecule has 2 fully saturated rings. The van der Waals surface area contributed by atoms with Crippen molar-refractivity contribution in [3.8, 4) is 0 Å². The summed E-state index contributed by atoms with van der Waals surface area (Å²) in [7, 11) is -3.16. The lowest BCUT2D eigenvalue weighted by Gasteiger charge is -2.45. The van der Waals surface area contributed by atoms with E-state index in [1.807, 2.05) is 0 Å². The van der Waals surface area contributed by atoms with Gasteiger partial charge in [0.2, 0.25) is 10.0 Å². The van der Waals surface area contributed by atoms with E-state index in [2.05, 4.69) is 9.62 Å². The highest BCUT2D eigenvalue weighted by molar-refractivity contribution is 7.88. The van der Waals surface area contributed by atoms with Gasteiger partial charge in [0.15, 0.2) is 0 Å². The molecule has 0 amide bonds. The van der Waals surface area contributed by atoms with E-state index in [4.69, 9.17) is 0 Å². The SMILES string of the molecule is CS(=O)(=O)NC1CC2(CCN(Cc3cc(F)ccc3F)C2)C1. The Kier molecular flexibility index (Phi) is 3.99. The Morgan fingerprint density at radius 3 is 2.77 bits per heavy atom. The van der Waals surface area contributed by atoms with E-state index in [1.165, 1.54) is 12.3 Å². The summed E-state index contributed by atoms with van der Waals surface area (Å²) in [5, 5.41) is 0. The third-order valence-electron chi connectivity index (χ3n) is 4.66. The van der Waals surface area contributed by atoms with Crippen LogP contribution in [0.3, 0.4) is 0 Å². The van der Waals surface area contributed by atoms with Gasteiger partial charge in [-0.15, -0.1) is 0 Å². The van der Waals surface area contributed by atoms with E-state index < -0.39 is 15.8 Å². The molecule has 1 heterocycles. The Hall–Kier alpha value is -1.05. The van der Waals surface area contributed by atoms with Crippen LogP contribution in [0.2, 0.25) is 0 Å². The van der Waals surface area contributed by atoms with Crippen LogP contribution >= 0.6 is 0 Å². The summed E-state index contributed by atoms with van der Waals surface area (Å²) >= 11 is 0. The van der Waals surface area contributed by atoms with Crippen molar-refractivity contribution in [1.82, 2.24) is 9.62 Å². The molecule has 2 aliphatic rings. The Bertz CT molecular complexity index is 672. The van der Waals surface area contributed by atoms with Crippen molar-refractivity contribution < 1.29 is 17.2 Å². The summed E-state index contributed by atoms with van der Waals surface area (Å²) in [5.74, 6) is -0.807. The quantitative estimate of drug-likeness (QED) is 0.917. The zero-order valence-electron chi connectivity index (χ0n) is 12.5. The molecule has 4 nitrogen and oxygen atoms in total. The van der Waals surface area contributed by atoms with Gasteiger partial charge in [-0.2, -0.15) is 0 Å². The standard InChI is InChI=1S/C15H20F2N2O2S/c1-22(20,21)18-13-7-15(8-13)4-5-19(10-15)9-11-6-12(16)2-3-14(11)17/h2-3,6,13,18H,4-5,7-10H2,1H3. The van der Waals surface area contributed by atoms with Gasteiger partial charge in [-0.25, -0.2) is 21.9 Å². The molecule has 0 unspecified atom stereocenters. The van der Waals surface area contributed by atoms with Gasteiger partial charge in [-0.3, -0.25) is 4.90 Å². The van der Waals surface area contributed by atoms with Gasteiger partial charge in [0.05, 0.1) is 6.26 Å². The van der Waals surface area contributed by atoms with E-state index >= 15 is 0 Å². The first-order chi connectivity index (χ1) is 10.2. The van der Waals surface area contributed by atoms with Crippen LogP contribution in [-0.4, -0.2) is 38.7 Å². The lowest BCUT2D eigenvalue weighted by molar-refractivity contribution is 0.101. The molecule has 1 spiro atoms. The van der Waals surface area contributed by atoms with Crippen LogP contribution in [0.1, 0.15) is 24.8 Å². The molecule has 3 rings (SSSR count). The second-order valence-corrected chi connectivity index (χ2v) is 8.47. The van der Waals surface area contributed by atoms with Gasteiger partial charge in [0.1, 0.15) is 11.6 Å². The molecule has 0 atom stereocenters. The number of likely N-dealkylation sites (tertiary alicyclic amines) is 1. The van der Waals surface area contributed by atoms with E-state index in [1.54, 1.807) is 0 Å². The first-order valence-electron chi connectivity index (χ1n) is 7.38. The molecule has 7 heteroatoms. The Morgan fingerprint density at radius 2 is 2.09 bits per heavy atom. The van der Waals surface area contributed by atoms with Crippen LogP contribution in [0.15, 0.2) is 18.2 Å². The van der Waals surface area contributed by atoms with Crippen molar-refractivity contribution in [3.63, 3.8) is 0 Å². The lowest BCUT2D eigenvalue weighted by Crippen LogP contribution is -2.51. The van der Waals surface area contributed by atoms with Crippen molar-refractivity contribution >= 4 is 10.0 Å². The number of hydrogen-bond acceptors (Lipinski definition) is 3. The smallest absolute Gasteiger partial charge is 0.208 e. The van der Waals surface area contributed by atoms with E-state index in [-0.39, 0.29) is 17.3 Å². The van der Waals surface area contributed by atoms with E-state index in [0.29, 0.717) is 12.1 Å². The molecule has 0 radical (unpaired) electrons. The fourth-order valence-corrected chi connectivity index (χ4v) is 4.55. The number of hydrogen-bond donors (Lipinski definition) is 1. The molecule has 1 saturated heterocycles. The van der Waals surface area contributed by atoms with Crippen molar-refractivity contribution in [2.75, 3.05) is 19.3 Å². The predicted molar refractivity (Wildman–Crippen MR) is 79.7 cm³/mol. The molecule has 22 heavy (non-hydrogen) atoms. The summed E-state index contributed by atoms with van der Waals surface area (Å²) in [6.07, 6.45) is 3.79. The summed E-state index contributed by atoms with van der Waals surface area (Å²) < 4.78 is 52.0. The predicted octanol–water partition coefficient (Wildman–Crippen LogP) is 1.87. The maximum atomic E-state index is 13.7. The number of sulfonamides is 1. The Balaban J connectivity index is 1.57. The molecule has 1 saturated carbocycles. The molecule has 1 aromatic carbocycles. The van der Waals surface area contributed by atoms with Crippen molar-refractivity contribution in [3.05, 3.63) is 35.4 Å². The van der Waals surface area contributed by atoms with Crippen LogP contribution in [-0.2, 0) is 16.6 Å².